The van der Waals surface area contributed by atoms with Gasteiger partial charge in [0, 0.05) is 35.8 Å². The van der Waals surface area contributed by atoms with E-state index >= 15 is 0 Å². The van der Waals surface area contributed by atoms with Gasteiger partial charge in [0.2, 0.25) is 11.8 Å². The minimum Gasteiger partial charge on any atom is -0.472 e. The van der Waals surface area contributed by atoms with E-state index in [0.717, 1.165) is 42.0 Å². The highest BCUT2D eigenvalue weighted by Crippen LogP contribution is 2.57. The number of amides is 1. The molecule has 5 atom stereocenters. The molecule has 3 aromatic rings. The number of aromatic nitrogens is 1. The molecule has 0 N–H and O–H groups in total. The molecule has 0 unspecified atom stereocenters. The number of fused-ring (bicyclic) bond motifs is 3. The SMILES string of the molecule is C=C[C@H]1C[C@]1(CC(=O)[C@@H]1C[C@@H]2CN1C(=O)[C@H](CCCC)CC(=O)OCCCCCc1ccc3ccnc(c3c1)O2)C(=O)CS(=O)(=O)c1ccccc1C. The number of allylic oxidation sites excluding steroid dienone is 1. The van der Waals surface area contributed by atoms with Gasteiger partial charge in [0.15, 0.2) is 21.4 Å². The first-order valence-corrected chi connectivity index (χ1v) is 20.6. The fourth-order valence-corrected chi connectivity index (χ4v) is 9.71. The Balaban J connectivity index is 1.31. The van der Waals surface area contributed by atoms with Gasteiger partial charge >= 0.3 is 5.97 Å². The molecule has 0 radical (unpaired) electrons. The van der Waals surface area contributed by atoms with Crippen molar-refractivity contribution >= 4 is 44.1 Å². The fraction of sp³-hybridized carbons (Fsp3) is 0.500. The van der Waals surface area contributed by atoms with Crippen LogP contribution in [-0.4, -0.2) is 72.8 Å². The molecular weight excluding hydrogens is 693 g/mol. The second-order valence-corrected chi connectivity index (χ2v) is 17.0. The minimum absolute atomic E-state index is 0.0885. The number of carbonyl (C=O) groups is 4. The van der Waals surface area contributed by atoms with Gasteiger partial charge in [-0.2, -0.15) is 0 Å². The molecule has 1 saturated carbocycles. The molecule has 2 aromatic carbocycles. The molecule has 3 aliphatic rings. The van der Waals surface area contributed by atoms with Crippen molar-refractivity contribution < 1.29 is 37.1 Å². The third kappa shape index (κ3) is 8.56. The van der Waals surface area contributed by atoms with Crippen LogP contribution in [-0.2, 0) is 40.2 Å². The maximum absolute atomic E-state index is 14.5. The van der Waals surface area contributed by atoms with Gasteiger partial charge in [-0.1, -0.05) is 56.2 Å². The highest BCUT2D eigenvalue weighted by molar-refractivity contribution is 7.92. The average molecular weight is 743 g/mol. The molecule has 11 heteroatoms. The quantitative estimate of drug-likeness (QED) is 0.158. The molecule has 1 amide bonds. The molecular formula is C42H50N2O8S. The summed E-state index contributed by atoms with van der Waals surface area (Å²) in [7, 11) is -3.98. The molecule has 0 spiro atoms. The summed E-state index contributed by atoms with van der Waals surface area (Å²) >= 11 is 0. The number of carbonyl (C=O) groups excluding carboxylic acids is 4. The third-order valence-corrected chi connectivity index (χ3v) is 13.0. The zero-order valence-electron chi connectivity index (χ0n) is 30.8. The Kier molecular flexibility index (Phi) is 11.8. The van der Waals surface area contributed by atoms with Crippen molar-refractivity contribution in [3.63, 3.8) is 0 Å². The van der Waals surface area contributed by atoms with Gasteiger partial charge in [0.05, 0.1) is 30.5 Å². The van der Waals surface area contributed by atoms with E-state index in [1.165, 1.54) is 11.0 Å². The highest BCUT2D eigenvalue weighted by atomic mass is 32.2. The summed E-state index contributed by atoms with van der Waals surface area (Å²) < 4.78 is 39.0. The average Bonchev–Trinajstić information content (AvgIpc) is 3.70. The van der Waals surface area contributed by atoms with Crippen LogP contribution in [0.4, 0.5) is 0 Å². The van der Waals surface area contributed by atoms with E-state index in [-0.39, 0.29) is 54.9 Å². The van der Waals surface area contributed by atoms with E-state index in [9.17, 15) is 27.6 Å². The lowest BCUT2D eigenvalue weighted by Gasteiger charge is -2.29. The Bertz CT molecular complexity index is 1990. The molecule has 1 aliphatic carbocycles. The maximum Gasteiger partial charge on any atom is 0.306 e. The summed E-state index contributed by atoms with van der Waals surface area (Å²) in [6.07, 6.45) is 8.20. The monoisotopic (exact) mass is 742 g/mol. The zero-order valence-corrected chi connectivity index (χ0v) is 31.6. The summed E-state index contributed by atoms with van der Waals surface area (Å²) in [4.78, 5) is 62.1. The highest BCUT2D eigenvalue weighted by Gasteiger charge is 2.60. The van der Waals surface area contributed by atoms with Crippen LogP contribution in [0.2, 0.25) is 0 Å². The third-order valence-electron chi connectivity index (χ3n) is 11.2. The molecule has 2 aliphatic heterocycles. The summed E-state index contributed by atoms with van der Waals surface area (Å²) in [6, 6.07) is 13.7. The lowest BCUT2D eigenvalue weighted by molar-refractivity contribution is -0.150. The van der Waals surface area contributed by atoms with Crippen LogP contribution in [0.25, 0.3) is 10.8 Å². The van der Waals surface area contributed by atoms with Gasteiger partial charge in [0.1, 0.15) is 11.9 Å². The van der Waals surface area contributed by atoms with E-state index in [0.29, 0.717) is 37.1 Å². The van der Waals surface area contributed by atoms with Gasteiger partial charge in [-0.15, -0.1) is 6.58 Å². The zero-order chi connectivity index (χ0) is 37.8. The van der Waals surface area contributed by atoms with E-state index in [2.05, 4.69) is 23.7 Å². The summed E-state index contributed by atoms with van der Waals surface area (Å²) in [5.41, 5.74) is 0.441. The lowest BCUT2D eigenvalue weighted by atomic mass is 9.88. The number of esters is 1. The summed E-state index contributed by atoms with van der Waals surface area (Å²) in [5.74, 6) is -3.00. The second kappa shape index (κ2) is 16.3. The van der Waals surface area contributed by atoms with Crippen LogP contribution >= 0.6 is 0 Å². The molecule has 282 valence electrons. The van der Waals surface area contributed by atoms with Gasteiger partial charge in [0.25, 0.3) is 0 Å². The Hall–Kier alpha value is -4.38. The van der Waals surface area contributed by atoms with Crippen LogP contribution in [0.3, 0.4) is 0 Å². The number of nitrogens with zero attached hydrogens (tertiary/aromatic N) is 2. The number of ketones is 2. The van der Waals surface area contributed by atoms with Crippen LogP contribution in [0.1, 0.15) is 82.3 Å². The molecule has 6 rings (SSSR count). The van der Waals surface area contributed by atoms with Crippen LogP contribution in [0.15, 0.2) is 72.3 Å². The van der Waals surface area contributed by atoms with Crippen molar-refractivity contribution in [2.24, 2.45) is 17.3 Å². The predicted octanol–water partition coefficient (Wildman–Crippen LogP) is 6.55. The number of cyclic esters (lactones) is 1. The number of Topliss-reactive ketones (excluding diaryl/α,β-unsaturated/α-hetero) is 2. The van der Waals surface area contributed by atoms with Crippen LogP contribution in [0.5, 0.6) is 5.88 Å². The Morgan fingerprint density at radius 3 is 2.66 bits per heavy atom. The number of ether oxygens (including phenoxy) is 2. The largest absolute Gasteiger partial charge is 0.472 e. The molecule has 4 bridgehead atoms. The number of pyridine rings is 1. The van der Waals surface area contributed by atoms with E-state index in [1.54, 1.807) is 37.4 Å². The van der Waals surface area contributed by atoms with Crippen LogP contribution < -0.4 is 4.74 Å². The van der Waals surface area contributed by atoms with Crippen molar-refractivity contribution in [3.05, 3.63) is 78.5 Å². The molecule has 3 heterocycles. The number of hydrogen-bond acceptors (Lipinski definition) is 9. The molecule has 10 nitrogen and oxygen atoms in total. The van der Waals surface area contributed by atoms with Crippen molar-refractivity contribution in [2.75, 3.05) is 18.9 Å². The molecule has 1 saturated heterocycles. The van der Waals surface area contributed by atoms with Gasteiger partial charge in [-0.25, -0.2) is 13.4 Å². The van der Waals surface area contributed by atoms with Crippen molar-refractivity contribution in [3.8, 4) is 5.88 Å². The number of unbranched alkanes of at least 4 members (excludes halogenated alkanes) is 1. The molecule has 1 aromatic heterocycles. The Morgan fingerprint density at radius 1 is 1.09 bits per heavy atom. The van der Waals surface area contributed by atoms with E-state index in [1.807, 2.05) is 19.1 Å². The number of hydrogen-bond donors (Lipinski definition) is 0. The lowest BCUT2D eigenvalue weighted by Crippen LogP contribution is -2.45. The number of benzene rings is 2. The van der Waals surface area contributed by atoms with Gasteiger partial charge in [-0.05, 0) is 86.1 Å². The topological polar surface area (TPSA) is 137 Å². The Labute approximate surface area is 312 Å². The van der Waals surface area contributed by atoms with Gasteiger partial charge in [-0.3, -0.25) is 19.2 Å². The van der Waals surface area contributed by atoms with Crippen molar-refractivity contribution in [1.82, 2.24) is 9.88 Å². The number of sulfone groups is 1. The van der Waals surface area contributed by atoms with E-state index < -0.39 is 50.8 Å². The maximum atomic E-state index is 14.5. The molecule has 53 heavy (non-hydrogen) atoms. The van der Waals surface area contributed by atoms with Crippen LogP contribution in [0, 0.1) is 24.2 Å². The standard InChI is InChI=1S/C42H50N2O8S/c1-4-6-14-31-22-39(47)51-20-11-7-8-13-29-16-17-30-18-19-43-40(34(30)21-29)52-33-23-35(44(26-33)41(31)48)36(45)25-42(24-32(42)5-2)38(46)27-53(49,50)37-15-10-9-12-28(37)3/h5,9-10,12,15-19,21,31-33,35H,2,4,6-8,11,13-14,20,22-27H2,1,3H3/t31-,32+,33-,35+,42-/m1/s1. The summed E-state index contributed by atoms with van der Waals surface area (Å²) in [5, 5.41) is 1.81. The first kappa shape index (κ1) is 38.3. The summed E-state index contributed by atoms with van der Waals surface area (Å²) in [6.45, 7) is 7.94. The van der Waals surface area contributed by atoms with Gasteiger partial charge < -0.3 is 14.4 Å². The first-order valence-electron chi connectivity index (χ1n) is 18.9. The number of aryl methyl sites for hydroxylation is 2. The number of rotatable bonds is 11. The Morgan fingerprint density at radius 2 is 1.91 bits per heavy atom. The predicted molar refractivity (Wildman–Crippen MR) is 201 cm³/mol. The smallest absolute Gasteiger partial charge is 0.306 e. The van der Waals surface area contributed by atoms with Crippen molar-refractivity contribution in [1.29, 1.82) is 0 Å². The molecule has 2 fully saturated rings. The first-order chi connectivity index (χ1) is 25.5. The minimum atomic E-state index is -3.98. The fourth-order valence-electron chi connectivity index (χ4n) is 8.07. The second-order valence-electron chi connectivity index (χ2n) is 15.0. The van der Waals surface area contributed by atoms with E-state index in [4.69, 9.17) is 9.47 Å². The normalized spacial score (nSPS) is 25.3. The van der Waals surface area contributed by atoms with Crippen molar-refractivity contribution in [2.45, 2.75) is 102 Å².